The molecule has 4 heterocycles. The van der Waals surface area contributed by atoms with Crippen molar-refractivity contribution in [2.75, 3.05) is 0 Å². The fourth-order valence-electron chi connectivity index (χ4n) is 7.11. The number of rotatable bonds is 6. The van der Waals surface area contributed by atoms with Crippen LogP contribution in [-0.4, -0.2) is 29.0 Å². The Kier molecular flexibility index (Phi) is 7.03. The van der Waals surface area contributed by atoms with Gasteiger partial charge in [0.2, 0.25) is 0 Å². The molecule has 6 nitrogen and oxygen atoms in total. The van der Waals surface area contributed by atoms with E-state index in [1.807, 2.05) is 40.9 Å². The molecular formula is C46H30N6. The van der Waals surface area contributed by atoms with Crippen LogP contribution in [0.4, 0.5) is 0 Å². The summed E-state index contributed by atoms with van der Waals surface area (Å²) in [6, 6.07) is 60.5. The van der Waals surface area contributed by atoms with Gasteiger partial charge in [0.05, 0.1) is 5.69 Å². The van der Waals surface area contributed by atoms with E-state index in [1.165, 1.54) is 0 Å². The number of fused-ring (bicyclic) bond motifs is 4. The van der Waals surface area contributed by atoms with Gasteiger partial charge in [0, 0.05) is 44.8 Å². The molecule has 0 atom stereocenters. The minimum absolute atomic E-state index is 0.656. The second-order valence-electron chi connectivity index (χ2n) is 12.8. The fraction of sp³-hybridized carbons (Fsp3) is 0. The van der Waals surface area contributed by atoms with E-state index in [9.17, 15) is 0 Å². The van der Waals surface area contributed by atoms with Crippen LogP contribution in [0.5, 0.6) is 0 Å². The van der Waals surface area contributed by atoms with Crippen molar-refractivity contribution >= 4 is 22.1 Å². The van der Waals surface area contributed by atoms with E-state index in [-0.39, 0.29) is 0 Å². The third-order valence-corrected chi connectivity index (χ3v) is 9.60. The second-order valence-corrected chi connectivity index (χ2v) is 12.8. The van der Waals surface area contributed by atoms with Gasteiger partial charge in [0.25, 0.3) is 0 Å². The van der Waals surface area contributed by atoms with Crippen LogP contribution in [0.15, 0.2) is 182 Å². The van der Waals surface area contributed by atoms with E-state index in [2.05, 4.69) is 150 Å². The number of benzene rings is 6. The summed E-state index contributed by atoms with van der Waals surface area (Å²) in [5.41, 5.74) is 11.0. The van der Waals surface area contributed by atoms with Crippen molar-refractivity contribution in [3.05, 3.63) is 182 Å². The molecule has 10 aromatic rings. The normalized spacial score (nSPS) is 11.5. The van der Waals surface area contributed by atoms with Crippen molar-refractivity contribution in [2.45, 2.75) is 0 Å². The highest BCUT2D eigenvalue weighted by atomic mass is 15.3. The summed E-state index contributed by atoms with van der Waals surface area (Å²) in [5, 5.41) is 7.23. The van der Waals surface area contributed by atoms with Gasteiger partial charge in [0.15, 0.2) is 17.3 Å². The number of hydrogen-bond acceptors (Lipinski definition) is 4. The van der Waals surface area contributed by atoms with E-state index in [0.29, 0.717) is 11.6 Å². The summed E-state index contributed by atoms with van der Waals surface area (Å²) in [5.74, 6) is 2.15. The molecule has 0 aliphatic carbocycles. The maximum absolute atomic E-state index is 5.26. The molecule has 0 saturated heterocycles. The largest absolute Gasteiger partial charge is 0.277 e. The van der Waals surface area contributed by atoms with Crippen molar-refractivity contribution in [2.24, 2.45) is 0 Å². The molecule has 6 heteroatoms. The summed E-state index contributed by atoms with van der Waals surface area (Å²) >= 11 is 0. The van der Waals surface area contributed by atoms with E-state index >= 15 is 0 Å². The topological polar surface area (TPSA) is 60.4 Å². The van der Waals surface area contributed by atoms with Crippen molar-refractivity contribution in [1.29, 1.82) is 0 Å². The third-order valence-electron chi connectivity index (χ3n) is 9.60. The smallest absolute Gasteiger partial charge is 0.182 e. The quantitative estimate of drug-likeness (QED) is 0.177. The zero-order chi connectivity index (χ0) is 34.4. The molecule has 0 unspecified atom stereocenters. The molecule has 0 fully saturated rings. The summed E-state index contributed by atoms with van der Waals surface area (Å²) in [6.45, 7) is 0. The van der Waals surface area contributed by atoms with Gasteiger partial charge in [-0.1, -0.05) is 170 Å². The van der Waals surface area contributed by atoms with E-state index < -0.39 is 0 Å². The molecule has 0 spiro atoms. The zero-order valence-electron chi connectivity index (χ0n) is 28.0. The summed E-state index contributed by atoms with van der Waals surface area (Å²) < 4.78 is 4.12. The summed E-state index contributed by atoms with van der Waals surface area (Å²) in [4.78, 5) is 15.6. The molecule has 0 saturated carbocycles. The minimum Gasteiger partial charge on any atom is -0.277 e. The first kappa shape index (κ1) is 29.7. The molecule has 6 aromatic carbocycles. The Hall–Kier alpha value is -7.18. The third kappa shape index (κ3) is 5.05. The van der Waals surface area contributed by atoms with Gasteiger partial charge in [-0.05, 0) is 22.8 Å². The Morgan fingerprint density at radius 1 is 0.365 bits per heavy atom. The molecule has 0 aliphatic rings. The second kappa shape index (κ2) is 12.3. The molecule has 0 N–H and O–H groups in total. The highest BCUT2D eigenvalue weighted by Crippen LogP contribution is 2.38. The van der Waals surface area contributed by atoms with E-state index in [0.717, 1.165) is 78.1 Å². The van der Waals surface area contributed by atoms with Gasteiger partial charge in [-0.25, -0.2) is 19.5 Å². The minimum atomic E-state index is 0.656. The van der Waals surface area contributed by atoms with Crippen LogP contribution in [0.25, 0.3) is 89.7 Å². The molecule has 0 radical (unpaired) electrons. The van der Waals surface area contributed by atoms with Crippen LogP contribution >= 0.6 is 0 Å². The van der Waals surface area contributed by atoms with Crippen molar-refractivity contribution in [1.82, 2.24) is 29.0 Å². The van der Waals surface area contributed by atoms with Crippen molar-refractivity contribution < 1.29 is 0 Å². The van der Waals surface area contributed by atoms with Gasteiger partial charge in [-0.2, -0.15) is 0 Å². The Morgan fingerprint density at radius 2 is 0.885 bits per heavy atom. The van der Waals surface area contributed by atoms with Crippen molar-refractivity contribution in [3.63, 3.8) is 0 Å². The lowest BCUT2D eigenvalue weighted by atomic mass is 10.0. The Bertz CT molecular complexity index is 2860. The van der Waals surface area contributed by atoms with Crippen LogP contribution in [0, 0.1) is 0 Å². The van der Waals surface area contributed by atoms with E-state index in [4.69, 9.17) is 20.1 Å². The predicted molar refractivity (Wildman–Crippen MR) is 210 cm³/mol. The predicted octanol–water partition coefficient (Wildman–Crippen LogP) is 10.9. The van der Waals surface area contributed by atoms with Gasteiger partial charge < -0.3 is 0 Å². The van der Waals surface area contributed by atoms with Crippen molar-refractivity contribution in [3.8, 4) is 67.7 Å². The molecule has 244 valence electrons. The monoisotopic (exact) mass is 666 g/mol. The first-order chi connectivity index (χ1) is 25.8. The number of nitrogens with zero attached hydrogens (tertiary/aromatic N) is 6. The number of pyridine rings is 1. The molecule has 52 heavy (non-hydrogen) atoms. The highest BCUT2D eigenvalue weighted by Gasteiger charge is 2.21. The molecule has 0 aliphatic heterocycles. The molecule has 0 bridgehead atoms. The zero-order valence-corrected chi connectivity index (χ0v) is 28.0. The lowest BCUT2D eigenvalue weighted by Crippen LogP contribution is -2.03. The maximum atomic E-state index is 5.26. The first-order valence-electron chi connectivity index (χ1n) is 17.3. The average Bonchev–Trinajstić information content (AvgIpc) is 3.81. The van der Waals surface area contributed by atoms with Crippen LogP contribution in [0.1, 0.15) is 0 Å². The summed E-state index contributed by atoms with van der Waals surface area (Å²) in [7, 11) is 0. The van der Waals surface area contributed by atoms with Gasteiger partial charge >= 0.3 is 0 Å². The molecular weight excluding hydrogens is 637 g/mol. The Balaban J connectivity index is 1.15. The molecule has 0 amide bonds. The van der Waals surface area contributed by atoms with Gasteiger partial charge in [-0.3, -0.25) is 4.40 Å². The fourth-order valence-corrected chi connectivity index (χ4v) is 7.11. The molecule has 4 aromatic heterocycles. The van der Waals surface area contributed by atoms with E-state index in [1.54, 1.807) is 0 Å². The van der Waals surface area contributed by atoms with Crippen LogP contribution in [0.3, 0.4) is 0 Å². The van der Waals surface area contributed by atoms with Crippen LogP contribution in [0.2, 0.25) is 0 Å². The molecule has 10 rings (SSSR count). The Morgan fingerprint density at radius 3 is 1.56 bits per heavy atom. The number of aromatic nitrogens is 6. The first-order valence-corrected chi connectivity index (χ1v) is 17.3. The summed E-state index contributed by atoms with van der Waals surface area (Å²) in [6.07, 6.45) is 2.06. The van der Waals surface area contributed by atoms with Crippen LogP contribution in [-0.2, 0) is 0 Å². The highest BCUT2D eigenvalue weighted by molar-refractivity contribution is 6.06. The average molecular weight is 667 g/mol. The Labute approximate surface area is 300 Å². The standard InChI is InChI=1S/C46H30N6/c1-5-15-31(16-6-1)37-29-40(32-17-7-2-8-18-32)45-49-43(50-51(45)30-37)35-25-27-36(28-26-35)44-47-42(34-21-11-4-12-22-34)48-46-39-24-14-13-23-38(39)41(52(44)46)33-19-9-3-10-20-33/h1-30H. The number of hydrogen-bond donors (Lipinski definition) is 0. The maximum Gasteiger partial charge on any atom is 0.182 e. The SMILES string of the molecule is c1ccc(-c2cc(-c3ccccc3)c3nc(-c4ccc(-c5nc(-c6ccccc6)nc6c7ccccc7c(-c7ccccc7)n56)cc4)nn3c2)cc1. The van der Waals surface area contributed by atoms with Gasteiger partial charge in [-0.15, -0.1) is 5.10 Å². The van der Waals surface area contributed by atoms with Crippen LogP contribution < -0.4 is 0 Å². The van der Waals surface area contributed by atoms with Gasteiger partial charge in [0.1, 0.15) is 11.5 Å². The lowest BCUT2D eigenvalue weighted by molar-refractivity contribution is 0.968. The lowest BCUT2D eigenvalue weighted by Gasteiger charge is -2.12.